The van der Waals surface area contributed by atoms with E-state index in [1.54, 1.807) is 42.6 Å². The maximum Gasteiger partial charge on any atom is 0.335 e. The number of fused-ring (bicyclic) bond motifs is 1. The fourth-order valence-corrected chi connectivity index (χ4v) is 8.82. The highest BCUT2D eigenvalue weighted by Gasteiger charge is 2.41. The van der Waals surface area contributed by atoms with Gasteiger partial charge in [0.1, 0.15) is 17.1 Å². The van der Waals surface area contributed by atoms with Crippen molar-refractivity contribution in [3.8, 4) is 0 Å². The number of thioether (sulfide) groups is 1. The minimum Gasteiger partial charge on any atom is -0.755 e. The number of nitrogens with two attached hydrogens (primary N) is 1. The van der Waals surface area contributed by atoms with Crippen LogP contribution in [0.2, 0.25) is 0 Å². The van der Waals surface area contributed by atoms with E-state index in [4.69, 9.17) is 5.73 Å². The Bertz CT molecular complexity index is 1550. The number of rotatable bonds is 12. The zero-order chi connectivity index (χ0) is 31.3. The second-order valence-electron chi connectivity index (χ2n) is 9.85. The van der Waals surface area contributed by atoms with Crippen LogP contribution in [-0.4, -0.2) is 77.6 Å². The molecule has 16 heteroatoms. The van der Waals surface area contributed by atoms with Gasteiger partial charge in [0, 0.05) is 30.1 Å². The first-order chi connectivity index (χ1) is 20.4. The summed E-state index contributed by atoms with van der Waals surface area (Å²) in [5.74, 6) is -2.05. The third kappa shape index (κ3) is 7.66. The van der Waals surface area contributed by atoms with Gasteiger partial charge in [0.05, 0.1) is 16.7 Å². The van der Waals surface area contributed by atoms with Gasteiger partial charge in [0.25, 0.3) is 5.91 Å². The van der Waals surface area contributed by atoms with Crippen LogP contribution in [0.25, 0.3) is 10.8 Å². The molecule has 3 amide bonds. The Balaban J connectivity index is 1.71. The van der Waals surface area contributed by atoms with Crippen molar-refractivity contribution >= 4 is 81.1 Å². The van der Waals surface area contributed by atoms with Crippen LogP contribution in [0.15, 0.2) is 53.9 Å². The number of carbonyl (C=O) groups is 3. The number of hydrogen-bond acceptors (Lipinski definition) is 8. The molecule has 0 spiro atoms. The first-order valence-electron chi connectivity index (χ1n) is 13.4. The summed E-state index contributed by atoms with van der Waals surface area (Å²) in [6.07, 6.45) is 1.52. The van der Waals surface area contributed by atoms with E-state index in [0.717, 1.165) is 32.8 Å². The predicted octanol–water partition coefficient (Wildman–Crippen LogP) is 3.27. The number of likely N-dealkylation sites (N-methyl/N-ethyl adjacent to an activating group) is 1. The molecule has 1 fully saturated rings. The van der Waals surface area contributed by atoms with Gasteiger partial charge in [0.15, 0.2) is 0 Å². The molecule has 232 valence electrons. The van der Waals surface area contributed by atoms with Crippen LogP contribution < -0.4 is 14.9 Å². The topological polar surface area (TPSA) is 185 Å². The number of piperidine rings is 1. The SMILES string of the molecule is CCN(C(=O)C1CCCCN1C(=O)C(CSCP(=O)(O)O)N(c1cccs1)S(=O)[O-])c1ccc2ccccc2c1C(N)=O. The standard InChI is InChI=1S/C27H33N4O8PS3/c1-2-29(20-13-12-18-8-3-4-9-19(18)24(20)25(28)32)26(33)21-10-5-6-14-30(21)27(34)22(16-41-17-40(35,36)37)31(43(38)39)23-11-7-15-42-23/h3-4,7-9,11-13,15,21-22H,2,5-6,10,14,16-17H2,1H3,(H2,28,32)(H,38,39)(H2,35,36,37)/p-1. The third-order valence-corrected chi connectivity index (χ3v) is 11.5. The Morgan fingerprint density at radius 1 is 1.19 bits per heavy atom. The number of thiophene rings is 1. The summed E-state index contributed by atoms with van der Waals surface area (Å²) in [5, 5.41) is 3.25. The Kier molecular flexibility index (Phi) is 11.0. The highest BCUT2D eigenvalue weighted by molar-refractivity contribution is 8.04. The smallest absolute Gasteiger partial charge is 0.335 e. The predicted molar refractivity (Wildman–Crippen MR) is 169 cm³/mol. The van der Waals surface area contributed by atoms with Crippen molar-refractivity contribution in [1.29, 1.82) is 0 Å². The normalized spacial score (nSPS) is 16.9. The largest absolute Gasteiger partial charge is 0.755 e. The molecular weight excluding hydrogens is 635 g/mol. The molecule has 3 aromatic rings. The van der Waals surface area contributed by atoms with Crippen molar-refractivity contribution in [2.45, 2.75) is 38.3 Å². The quantitative estimate of drug-likeness (QED) is 0.193. The zero-order valence-corrected chi connectivity index (χ0v) is 26.6. The van der Waals surface area contributed by atoms with Crippen LogP contribution in [0.3, 0.4) is 0 Å². The summed E-state index contributed by atoms with van der Waals surface area (Å²) in [6.45, 7) is 2.09. The van der Waals surface area contributed by atoms with Gasteiger partial charge in [-0.15, -0.1) is 23.1 Å². The molecule has 2 heterocycles. The van der Waals surface area contributed by atoms with Gasteiger partial charge < -0.3 is 29.9 Å². The van der Waals surface area contributed by atoms with Crippen molar-refractivity contribution in [1.82, 2.24) is 4.90 Å². The Morgan fingerprint density at radius 2 is 1.93 bits per heavy atom. The van der Waals surface area contributed by atoms with Gasteiger partial charge >= 0.3 is 7.60 Å². The van der Waals surface area contributed by atoms with E-state index >= 15 is 0 Å². The molecule has 2 aromatic carbocycles. The Morgan fingerprint density at radius 3 is 2.56 bits per heavy atom. The molecule has 0 bridgehead atoms. The summed E-state index contributed by atoms with van der Waals surface area (Å²) in [7, 11) is -4.44. The van der Waals surface area contributed by atoms with Crippen molar-refractivity contribution in [3.63, 3.8) is 0 Å². The van der Waals surface area contributed by atoms with Crippen molar-refractivity contribution < 1.29 is 37.5 Å². The molecule has 1 aromatic heterocycles. The van der Waals surface area contributed by atoms with Crippen LogP contribution in [-0.2, 0) is 25.4 Å². The molecule has 12 nitrogen and oxygen atoms in total. The molecule has 1 aliphatic rings. The fourth-order valence-electron chi connectivity index (χ4n) is 5.26. The number of carbonyl (C=O) groups excluding carboxylic acids is 3. The monoisotopic (exact) mass is 667 g/mol. The molecule has 3 unspecified atom stereocenters. The number of likely N-dealkylation sites (tertiary alicyclic amines) is 1. The Hall–Kier alpha value is -2.78. The summed E-state index contributed by atoms with van der Waals surface area (Å²) in [4.78, 5) is 62.5. The lowest BCUT2D eigenvalue weighted by atomic mass is 9.97. The van der Waals surface area contributed by atoms with Crippen LogP contribution in [0.1, 0.15) is 36.5 Å². The first-order valence-corrected chi connectivity index (χ1v) is 18.3. The van der Waals surface area contributed by atoms with Crippen LogP contribution in [0.4, 0.5) is 10.7 Å². The lowest BCUT2D eigenvalue weighted by Crippen LogP contribution is -2.59. The molecule has 1 saturated heterocycles. The average Bonchev–Trinajstić information content (AvgIpc) is 3.49. The number of hydrogen-bond donors (Lipinski definition) is 3. The van der Waals surface area contributed by atoms with Crippen LogP contribution in [0, 0.1) is 0 Å². The van der Waals surface area contributed by atoms with Crippen molar-refractivity contribution in [3.05, 3.63) is 59.5 Å². The molecule has 0 aliphatic carbocycles. The summed E-state index contributed by atoms with van der Waals surface area (Å²) < 4.78 is 37.3. The van der Waals surface area contributed by atoms with E-state index in [1.165, 1.54) is 15.9 Å². The van der Waals surface area contributed by atoms with E-state index in [1.807, 2.05) is 12.1 Å². The van der Waals surface area contributed by atoms with Gasteiger partial charge in [-0.1, -0.05) is 30.3 Å². The van der Waals surface area contributed by atoms with Gasteiger partial charge in [-0.05, 0) is 60.5 Å². The zero-order valence-electron chi connectivity index (χ0n) is 23.2. The van der Waals surface area contributed by atoms with E-state index in [0.29, 0.717) is 30.3 Å². The maximum atomic E-state index is 14.2. The number of anilines is 2. The molecule has 0 saturated carbocycles. The summed E-state index contributed by atoms with van der Waals surface area (Å²) in [6, 6.07) is 11.4. The van der Waals surface area contributed by atoms with Crippen LogP contribution in [0.5, 0.6) is 0 Å². The van der Waals surface area contributed by atoms with E-state index in [-0.39, 0.29) is 29.4 Å². The highest BCUT2D eigenvalue weighted by atomic mass is 32.2. The second kappa shape index (κ2) is 14.3. The number of benzene rings is 2. The second-order valence-corrected chi connectivity index (χ2v) is 14.7. The molecule has 0 radical (unpaired) electrons. The molecule has 43 heavy (non-hydrogen) atoms. The number of amides is 3. The van der Waals surface area contributed by atoms with Gasteiger partial charge in [-0.25, -0.2) is 0 Å². The summed E-state index contributed by atoms with van der Waals surface area (Å²) >= 11 is -1.06. The minimum absolute atomic E-state index is 0.170. The fraction of sp³-hybridized carbons (Fsp3) is 0.370. The molecule has 4 rings (SSSR count). The van der Waals surface area contributed by atoms with E-state index < -0.39 is 54.2 Å². The molecular formula is C27H32N4O8PS3-. The minimum atomic E-state index is -4.44. The lowest BCUT2D eigenvalue weighted by molar-refractivity contribution is -0.141. The van der Waals surface area contributed by atoms with Gasteiger partial charge in [0.2, 0.25) is 11.8 Å². The molecule has 1 aliphatic heterocycles. The van der Waals surface area contributed by atoms with Crippen LogP contribution >= 0.6 is 30.7 Å². The average molecular weight is 668 g/mol. The maximum absolute atomic E-state index is 14.2. The first kappa shape index (κ1) is 33.1. The number of nitrogens with zero attached hydrogens (tertiary/aromatic N) is 3. The van der Waals surface area contributed by atoms with E-state index in [2.05, 4.69) is 0 Å². The van der Waals surface area contributed by atoms with Gasteiger partial charge in [-0.2, -0.15) is 0 Å². The van der Waals surface area contributed by atoms with Gasteiger partial charge in [-0.3, -0.25) is 27.5 Å². The lowest BCUT2D eigenvalue weighted by Gasteiger charge is -2.41. The van der Waals surface area contributed by atoms with Crippen molar-refractivity contribution in [2.24, 2.45) is 5.73 Å². The Labute approximate surface area is 259 Å². The van der Waals surface area contributed by atoms with E-state index in [9.17, 15) is 37.5 Å². The highest BCUT2D eigenvalue weighted by Crippen LogP contribution is 2.40. The summed E-state index contributed by atoms with van der Waals surface area (Å²) in [5.41, 5.74) is 5.67. The molecule has 4 N–H and O–H groups in total. The number of primary amides is 1. The molecule has 3 atom stereocenters. The third-order valence-electron chi connectivity index (χ3n) is 7.08. The van der Waals surface area contributed by atoms with Crippen molar-refractivity contribution in [2.75, 3.05) is 33.5 Å².